The third-order valence-corrected chi connectivity index (χ3v) is 2.84. The van der Waals surface area contributed by atoms with Crippen molar-refractivity contribution in [1.82, 2.24) is 0 Å². The van der Waals surface area contributed by atoms with Crippen molar-refractivity contribution in [3.63, 3.8) is 0 Å². The molecule has 0 radical (unpaired) electrons. The van der Waals surface area contributed by atoms with Gasteiger partial charge in [-0.15, -0.1) is 0 Å². The first-order valence-corrected chi connectivity index (χ1v) is 5.75. The topological polar surface area (TPSA) is 53.0 Å². The Morgan fingerprint density at radius 2 is 1.67 bits per heavy atom. The minimum atomic E-state index is 0.689. The van der Waals surface area contributed by atoms with Crippen molar-refractivity contribution in [2.75, 3.05) is 17.7 Å². The highest BCUT2D eigenvalue weighted by molar-refractivity contribution is 5.53. The number of nitrogens with two attached hydrogens (primary N) is 1. The van der Waals surface area contributed by atoms with Crippen molar-refractivity contribution in [2.24, 2.45) is 0 Å². The van der Waals surface area contributed by atoms with E-state index in [0.29, 0.717) is 5.56 Å². The molecule has 0 unspecified atom stereocenters. The number of hydrogen-bond acceptors (Lipinski definition) is 3. The smallest absolute Gasteiger partial charge is 0.0991 e. The molecule has 0 aromatic heterocycles. The maximum absolute atomic E-state index is 8.74. The Kier molecular flexibility index (Phi) is 3.49. The van der Waals surface area contributed by atoms with Crippen LogP contribution in [-0.4, -0.2) is 7.05 Å². The van der Waals surface area contributed by atoms with Gasteiger partial charge in [0, 0.05) is 25.0 Å². The molecular formula is C15H15N3. The maximum Gasteiger partial charge on any atom is 0.0991 e. The summed E-state index contributed by atoms with van der Waals surface area (Å²) in [5.41, 5.74) is 9.41. The fourth-order valence-corrected chi connectivity index (χ4v) is 1.78. The van der Waals surface area contributed by atoms with Gasteiger partial charge in [-0.1, -0.05) is 12.1 Å². The molecule has 0 amide bonds. The van der Waals surface area contributed by atoms with Gasteiger partial charge in [0.2, 0.25) is 0 Å². The quantitative estimate of drug-likeness (QED) is 0.835. The molecule has 18 heavy (non-hydrogen) atoms. The molecule has 0 aliphatic heterocycles. The SMILES string of the molecule is CN(Cc1ccc(C#N)cc1)c1ccc(N)cc1. The van der Waals surface area contributed by atoms with Crippen LogP contribution in [0, 0.1) is 11.3 Å². The number of rotatable bonds is 3. The lowest BCUT2D eigenvalue weighted by molar-refractivity contribution is 0.923. The highest BCUT2D eigenvalue weighted by Gasteiger charge is 2.02. The van der Waals surface area contributed by atoms with Crippen LogP contribution < -0.4 is 10.6 Å². The second-order valence-corrected chi connectivity index (χ2v) is 4.26. The molecule has 0 fully saturated rings. The van der Waals surface area contributed by atoms with E-state index >= 15 is 0 Å². The van der Waals surface area contributed by atoms with E-state index in [1.807, 2.05) is 55.6 Å². The van der Waals surface area contributed by atoms with E-state index in [1.54, 1.807) is 0 Å². The average Bonchev–Trinajstić information content (AvgIpc) is 2.40. The van der Waals surface area contributed by atoms with E-state index in [2.05, 4.69) is 11.0 Å². The van der Waals surface area contributed by atoms with Crippen LogP contribution in [0.4, 0.5) is 11.4 Å². The lowest BCUT2D eigenvalue weighted by Crippen LogP contribution is -2.16. The lowest BCUT2D eigenvalue weighted by atomic mass is 10.1. The van der Waals surface area contributed by atoms with Gasteiger partial charge < -0.3 is 10.6 Å². The standard InChI is InChI=1S/C15H15N3/c1-18(15-8-6-14(17)7-9-15)11-13-4-2-12(10-16)3-5-13/h2-9H,11,17H2,1H3. The monoisotopic (exact) mass is 237 g/mol. The highest BCUT2D eigenvalue weighted by atomic mass is 15.1. The van der Waals surface area contributed by atoms with E-state index in [1.165, 1.54) is 5.56 Å². The largest absolute Gasteiger partial charge is 0.399 e. The highest BCUT2D eigenvalue weighted by Crippen LogP contribution is 2.17. The van der Waals surface area contributed by atoms with Gasteiger partial charge >= 0.3 is 0 Å². The molecule has 2 aromatic rings. The first-order chi connectivity index (χ1) is 8.69. The van der Waals surface area contributed by atoms with Crippen molar-refractivity contribution in [1.29, 1.82) is 5.26 Å². The number of nitrogen functional groups attached to an aromatic ring is 1. The summed E-state index contributed by atoms with van der Waals surface area (Å²) in [4.78, 5) is 2.14. The van der Waals surface area contributed by atoms with Gasteiger partial charge in [-0.3, -0.25) is 0 Å². The number of benzene rings is 2. The van der Waals surface area contributed by atoms with E-state index in [4.69, 9.17) is 11.0 Å². The predicted octanol–water partition coefficient (Wildman–Crippen LogP) is 2.78. The van der Waals surface area contributed by atoms with Crippen LogP contribution in [0.1, 0.15) is 11.1 Å². The van der Waals surface area contributed by atoms with Crippen LogP contribution in [0.2, 0.25) is 0 Å². The molecule has 0 atom stereocenters. The molecule has 3 nitrogen and oxygen atoms in total. The zero-order valence-corrected chi connectivity index (χ0v) is 10.3. The molecule has 90 valence electrons. The number of nitriles is 1. The number of nitrogens with zero attached hydrogens (tertiary/aromatic N) is 2. The minimum Gasteiger partial charge on any atom is -0.399 e. The summed E-state index contributed by atoms with van der Waals surface area (Å²) in [6.45, 7) is 0.801. The van der Waals surface area contributed by atoms with Crippen molar-refractivity contribution < 1.29 is 0 Å². The van der Waals surface area contributed by atoms with Crippen LogP contribution >= 0.6 is 0 Å². The molecule has 0 bridgehead atoms. The summed E-state index contributed by atoms with van der Waals surface area (Å²) in [7, 11) is 2.03. The molecule has 0 saturated carbocycles. The zero-order valence-electron chi connectivity index (χ0n) is 10.3. The Hall–Kier alpha value is -2.47. The third-order valence-electron chi connectivity index (χ3n) is 2.84. The molecule has 0 aliphatic rings. The molecule has 2 aromatic carbocycles. The number of anilines is 2. The molecule has 0 aliphatic carbocycles. The molecule has 3 heteroatoms. The summed E-state index contributed by atoms with van der Waals surface area (Å²) in [6.07, 6.45) is 0. The Morgan fingerprint density at radius 3 is 2.22 bits per heavy atom. The fraction of sp³-hybridized carbons (Fsp3) is 0.133. The Labute approximate surface area is 107 Å². The van der Waals surface area contributed by atoms with Gasteiger partial charge in [0.25, 0.3) is 0 Å². The minimum absolute atomic E-state index is 0.689. The number of hydrogen-bond donors (Lipinski definition) is 1. The predicted molar refractivity (Wildman–Crippen MR) is 74.1 cm³/mol. The summed E-state index contributed by atoms with van der Waals surface area (Å²) >= 11 is 0. The first kappa shape index (κ1) is 12.0. The van der Waals surface area contributed by atoms with Crippen LogP contribution in [-0.2, 0) is 6.54 Å². The van der Waals surface area contributed by atoms with Gasteiger partial charge in [-0.25, -0.2) is 0 Å². The Balaban J connectivity index is 2.08. The van der Waals surface area contributed by atoms with Gasteiger partial charge in [-0.05, 0) is 42.0 Å². The molecular weight excluding hydrogens is 222 g/mol. The van der Waals surface area contributed by atoms with Crippen molar-refractivity contribution in [2.45, 2.75) is 6.54 Å². The van der Waals surface area contributed by atoms with Crippen LogP contribution in [0.25, 0.3) is 0 Å². The summed E-state index contributed by atoms with van der Waals surface area (Å²) in [5, 5.41) is 8.74. The Bertz CT molecular complexity index is 550. The van der Waals surface area contributed by atoms with Gasteiger partial charge in [-0.2, -0.15) is 5.26 Å². The van der Waals surface area contributed by atoms with Crippen LogP contribution in [0.3, 0.4) is 0 Å². The summed E-state index contributed by atoms with van der Waals surface area (Å²) in [6, 6.07) is 17.5. The molecule has 2 rings (SSSR count). The van der Waals surface area contributed by atoms with E-state index < -0.39 is 0 Å². The van der Waals surface area contributed by atoms with E-state index in [0.717, 1.165) is 17.9 Å². The lowest BCUT2D eigenvalue weighted by Gasteiger charge is -2.19. The third kappa shape index (κ3) is 2.80. The molecule has 2 N–H and O–H groups in total. The van der Waals surface area contributed by atoms with Gasteiger partial charge in [0.05, 0.1) is 11.6 Å². The van der Waals surface area contributed by atoms with Crippen molar-refractivity contribution in [3.05, 3.63) is 59.7 Å². The van der Waals surface area contributed by atoms with E-state index in [-0.39, 0.29) is 0 Å². The second kappa shape index (κ2) is 5.24. The van der Waals surface area contributed by atoms with Gasteiger partial charge in [0.1, 0.15) is 0 Å². The van der Waals surface area contributed by atoms with Crippen molar-refractivity contribution >= 4 is 11.4 Å². The maximum atomic E-state index is 8.74. The fourth-order valence-electron chi connectivity index (χ4n) is 1.78. The van der Waals surface area contributed by atoms with Crippen LogP contribution in [0.5, 0.6) is 0 Å². The van der Waals surface area contributed by atoms with Crippen LogP contribution in [0.15, 0.2) is 48.5 Å². The van der Waals surface area contributed by atoms with E-state index in [9.17, 15) is 0 Å². The summed E-state index contributed by atoms with van der Waals surface area (Å²) < 4.78 is 0. The summed E-state index contributed by atoms with van der Waals surface area (Å²) in [5.74, 6) is 0. The zero-order chi connectivity index (χ0) is 13.0. The first-order valence-electron chi connectivity index (χ1n) is 5.75. The molecule has 0 saturated heterocycles. The second-order valence-electron chi connectivity index (χ2n) is 4.26. The van der Waals surface area contributed by atoms with Gasteiger partial charge in [0.15, 0.2) is 0 Å². The van der Waals surface area contributed by atoms with Crippen molar-refractivity contribution in [3.8, 4) is 6.07 Å². The molecule has 0 heterocycles. The average molecular weight is 237 g/mol. The molecule has 0 spiro atoms. The Morgan fingerprint density at radius 1 is 1.06 bits per heavy atom. The normalized spacial score (nSPS) is 9.78.